The van der Waals surface area contributed by atoms with Crippen molar-refractivity contribution in [3.63, 3.8) is 0 Å². The number of fused-ring (bicyclic) bond motifs is 2. The second-order valence-corrected chi connectivity index (χ2v) is 32.6. The van der Waals surface area contributed by atoms with Gasteiger partial charge in [0.15, 0.2) is 0 Å². The van der Waals surface area contributed by atoms with Gasteiger partial charge in [0.25, 0.3) is 0 Å². The summed E-state index contributed by atoms with van der Waals surface area (Å²) in [5.41, 5.74) is -2.38. The monoisotopic (exact) mass is 1620 g/mol. The first-order valence-electron chi connectivity index (χ1n) is 41.2. The number of carbonyl (C=O) groups excluding carboxylic acids is 12. The lowest BCUT2D eigenvalue weighted by Crippen LogP contribution is -2.72. The topological polar surface area (TPSA) is 481 Å². The Hall–Kier alpha value is -7.06. The van der Waals surface area contributed by atoms with E-state index in [1.807, 2.05) is 27.7 Å². The number of cyclic esters (lactones) is 1. The van der Waals surface area contributed by atoms with E-state index in [0.29, 0.717) is 82.6 Å². The van der Waals surface area contributed by atoms with Gasteiger partial charge in [-0.2, -0.15) is 0 Å². The van der Waals surface area contributed by atoms with E-state index in [1.54, 1.807) is 0 Å². The maximum atomic E-state index is 14.5. The Morgan fingerprint density at radius 1 is 0.491 bits per heavy atom. The minimum absolute atomic E-state index is 0.0302. The van der Waals surface area contributed by atoms with Gasteiger partial charge in [-0.1, -0.05) is 20.8 Å². The molecule has 35 nitrogen and oxygen atoms in total. The lowest BCUT2D eigenvalue weighted by Gasteiger charge is -2.60. The predicted molar refractivity (Wildman–Crippen MR) is 407 cm³/mol. The average Bonchev–Trinajstić information content (AvgIpc) is 1.47. The Morgan fingerprint density at radius 2 is 0.877 bits per heavy atom. The van der Waals surface area contributed by atoms with Crippen molar-refractivity contribution in [2.75, 3.05) is 112 Å². The van der Waals surface area contributed by atoms with Gasteiger partial charge in [0.1, 0.15) is 29.5 Å². The fraction of sp³-hybridized carbons (Fsp3) is 0.823. The van der Waals surface area contributed by atoms with E-state index in [4.69, 9.17) is 47.4 Å². The number of esters is 2. The van der Waals surface area contributed by atoms with Crippen molar-refractivity contribution in [2.24, 2.45) is 23.2 Å². The van der Waals surface area contributed by atoms with Crippen LogP contribution >= 0.6 is 0 Å². The fourth-order valence-electron chi connectivity index (χ4n) is 16.7. The lowest BCUT2D eigenvalue weighted by molar-refractivity contribution is -0.261. The molecule has 6 heterocycles. The number of hydrogen-bond donors (Lipinski definition) is 13. The van der Waals surface area contributed by atoms with Crippen LogP contribution in [-0.2, 0) is 105 Å². The molecule has 0 aromatic heterocycles. The standard InChI is InChI=1S/C79H128N10O25/c1-48(2)56-39-62-79(114-62)76(6)26-22-55-57(43-111-75(55)104)58(76)44-112-77(79,7)74(56)113-73(103)21-20-72(102)89-78(45-105-33-23-66(96)83-30-11-27-80-63(93)14-8-17-69(99)86-59-36-52(90)40-108-49(59)3,46-106-34-24-67(97)84-31-12-28-81-64(94)15-9-18-70(100)87-60-37-53(91)41-109-50(60)4)47-107-35-25-68(98)85-32-13-29-82-65(95)16-10-19-71(101)88-61-38-54(92)42-110-51(61)5/h48-54,56,58-62,74,90-92H,8-47H2,1-7H3,(H,80,93)(H,81,94)(H,82,95)(H,83,96)(H,84,97)(H,85,98)(H,86,99)(H,87,100)(H,88,101)(H,89,102)/t49?,50?,51?,52-,53-,54-,56?,58?,59+,60+,61+,62-,74+,76-,77+,78?,79+/m0/s1. The first-order chi connectivity index (χ1) is 54.4. The summed E-state index contributed by atoms with van der Waals surface area (Å²) in [6, 6.07) is -0.985. The smallest absolute Gasteiger partial charge is 0.334 e. The summed E-state index contributed by atoms with van der Waals surface area (Å²) in [6.07, 6.45) is 0.713. The minimum atomic E-state index is -1.58. The maximum absolute atomic E-state index is 14.5. The summed E-state index contributed by atoms with van der Waals surface area (Å²) >= 11 is 0. The van der Waals surface area contributed by atoms with E-state index in [0.717, 1.165) is 5.57 Å². The van der Waals surface area contributed by atoms with Crippen molar-refractivity contribution in [3.8, 4) is 0 Å². The summed E-state index contributed by atoms with van der Waals surface area (Å²) in [5.74, 6) is -4.61. The van der Waals surface area contributed by atoms with Gasteiger partial charge in [0.2, 0.25) is 59.1 Å². The molecule has 8 rings (SSSR count). The molecule has 114 heavy (non-hydrogen) atoms. The molecule has 0 aromatic carbocycles. The number of aliphatic hydroxyl groups excluding tert-OH is 3. The zero-order valence-corrected chi connectivity index (χ0v) is 67.7. The number of ether oxygens (including phenoxy) is 10. The highest BCUT2D eigenvalue weighted by Gasteiger charge is 2.84. The molecule has 0 radical (unpaired) electrons. The molecule has 16 atom stereocenters. The van der Waals surface area contributed by atoms with E-state index in [-0.39, 0.29) is 302 Å². The molecule has 10 amide bonds. The highest BCUT2D eigenvalue weighted by atomic mass is 16.7. The molecule has 0 aromatic rings. The van der Waals surface area contributed by atoms with Gasteiger partial charge in [-0.25, -0.2) is 4.79 Å². The Morgan fingerprint density at radius 3 is 1.27 bits per heavy atom. The molecule has 5 unspecified atom stereocenters. The van der Waals surface area contributed by atoms with Crippen LogP contribution in [0.1, 0.15) is 196 Å². The number of carbonyl (C=O) groups is 12. The van der Waals surface area contributed by atoms with Crippen LogP contribution < -0.4 is 53.2 Å². The number of rotatable bonds is 48. The number of aliphatic hydroxyl groups is 3. The van der Waals surface area contributed by atoms with Gasteiger partial charge in [-0.05, 0) is 116 Å². The SMILES string of the molecule is CC(C)C1C[C@@H]2O[C@@]23[C@@]2(C)CCC4=C(COC4=O)C2CO[C@]3(C)[C@@H]1OC(=O)CCC(=O)NC(COCCC(=O)NCCCNC(=O)CCCC(=O)N[C@@H]1C[C@H](O)COC1C)(COCCC(=O)NCCCNC(=O)CCCC(=O)N[C@@H]1C[C@H](O)COC1C)COCCC(=O)NCCCNC(=O)CCCC(=O)N[C@@H]1C[C@H](O)COC1C. The van der Waals surface area contributed by atoms with Crippen molar-refractivity contribution in [3.05, 3.63) is 11.1 Å². The molecule has 1 saturated carbocycles. The molecule has 2 aliphatic carbocycles. The zero-order valence-electron chi connectivity index (χ0n) is 67.7. The lowest BCUT2D eigenvalue weighted by atomic mass is 9.49. The molecular formula is C79H128N10O25. The van der Waals surface area contributed by atoms with Crippen LogP contribution in [-0.4, -0.2) is 282 Å². The molecule has 0 bridgehead atoms. The number of epoxide rings is 1. The van der Waals surface area contributed by atoms with E-state index >= 15 is 0 Å². The van der Waals surface area contributed by atoms with Gasteiger partial charge in [0, 0.05) is 126 Å². The normalized spacial score (nSPS) is 29.3. The van der Waals surface area contributed by atoms with Gasteiger partial charge < -0.3 is 116 Å². The third kappa shape index (κ3) is 27.3. The van der Waals surface area contributed by atoms with E-state index in [1.165, 1.54) is 0 Å². The van der Waals surface area contributed by atoms with E-state index in [2.05, 4.69) is 73.9 Å². The molecule has 8 aliphatic rings. The molecule has 13 N–H and O–H groups in total. The highest BCUT2D eigenvalue weighted by molar-refractivity contribution is 5.92. The van der Waals surface area contributed by atoms with Gasteiger partial charge in [0.05, 0.1) is 133 Å². The van der Waals surface area contributed by atoms with Crippen molar-refractivity contribution < 1.29 is 120 Å². The second-order valence-electron chi connectivity index (χ2n) is 32.6. The van der Waals surface area contributed by atoms with Crippen LogP contribution in [0.4, 0.5) is 0 Å². The summed E-state index contributed by atoms with van der Waals surface area (Å²) < 4.78 is 60.7. The third-order valence-corrected chi connectivity index (χ3v) is 23.4. The molecule has 6 aliphatic heterocycles. The summed E-state index contributed by atoms with van der Waals surface area (Å²) in [7, 11) is 0. The fourth-order valence-corrected chi connectivity index (χ4v) is 16.7. The third-order valence-electron chi connectivity index (χ3n) is 23.4. The van der Waals surface area contributed by atoms with Crippen LogP contribution in [0, 0.1) is 23.2 Å². The summed E-state index contributed by atoms with van der Waals surface area (Å²) in [4.78, 5) is 157. The highest BCUT2D eigenvalue weighted by Crippen LogP contribution is 2.73. The predicted octanol–water partition coefficient (Wildman–Crippen LogP) is -0.0325. The Kier molecular flexibility index (Phi) is 36.5. The van der Waals surface area contributed by atoms with Gasteiger partial charge in [-0.3, -0.25) is 52.7 Å². The molecule has 5 saturated heterocycles. The van der Waals surface area contributed by atoms with Crippen LogP contribution in [0.25, 0.3) is 0 Å². The van der Waals surface area contributed by atoms with Gasteiger partial charge in [-0.15, -0.1) is 0 Å². The van der Waals surface area contributed by atoms with E-state index < -0.39 is 58.4 Å². The van der Waals surface area contributed by atoms with Crippen molar-refractivity contribution in [2.45, 2.75) is 280 Å². The molecule has 644 valence electrons. The van der Waals surface area contributed by atoms with Crippen molar-refractivity contribution in [1.82, 2.24) is 53.2 Å². The van der Waals surface area contributed by atoms with Crippen LogP contribution in [0.2, 0.25) is 0 Å². The Balaban J connectivity index is 0.848. The van der Waals surface area contributed by atoms with E-state index in [9.17, 15) is 72.9 Å². The largest absolute Gasteiger partial charge is 0.459 e. The van der Waals surface area contributed by atoms with Crippen LogP contribution in [0.3, 0.4) is 0 Å². The Labute approximate surface area is 667 Å². The van der Waals surface area contributed by atoms with Crippen molar-refractivity contribution in [1.29, 1.82) is 0 Å². The Bertz CT molecular complexity index is 3080. The minimum Gasteiger partial charge on any atom is -0.459 e. The number of amides is 10. The zero-order chi connectivity index (χ0) is 82.6. The number of nitrogens with one attached hydrogen (secondary N) is 10. The summed E-state index contributed by atoms with van der Waals surface area (Å²) in [5, 5.41) is 58.2. The molecule has 35 heteroatoms. The first-order valence-corrected chi connectivity index (χ1v) is 41.2. The quantitative estimate of drug-likeness (QED) is 0.0216. The summed E-state index contributed by atoms with van der Waals surface area (Å²) in [6.45, 7) is 14.6. The molecule has 6 fully saturated rings. The average molecular weight is 1620 g/mol. The molecular weight excluding hydrogens is 1490 g/mol. The number of hydrogen-bond acceptors (Lipinski definition) is 25. The first kappa shape index (κ1) is 92.5. The van der Waals surface area contributed by atoms with Crippen LogP contribution in [0.5, 0.6) is 0 Å². The molecule has 1 spiro atoms. The second kappa shape index (κ2) is 45.0. The van der Waals surface area contributed by atoms with Crippen LogP contribution in [0.15, 0.2) is 11.1 Å². The van der Waals surface area contributed by atoms with Crippen molar-refractivity contribution >= 4 is 71.0 Å². The van der Waals surface area contributed by atoms with Gasteiger partial charge >= 0.3 is 11.9 Å². The maximum Gasteiger partial charge on any atom is 0.334 e.